The third kappa shape index (κ3) is 5.10. The fraction of sp³-hybridized carbons (Fsp3) is 0.267. The lowest BCUT2D eigenvalue weighted by molar-refractivity contribution is 0.240. The highest BCUT2D eigenvalue weighted by Gasteiger charge is 2.02. The lowest BCUT2D eigenvalue weighted by Crippen LogP contribution is -2.34. The summed E-state index contributed by atoms with van der Waals surface area (Å²) in [4.78, 5) is 19.9. The average molecular weight is 286 g/mol. The van der Waals surface area contributed by atoms with Gasteiger partial charge in [0.15, 0.2) is 0 Å². The number of hydrogen-bond acceptors (Lipinski definition) is 4. The molecule has 0 aliphatic carbocycles. The van der Waals surface area contributed by atoms with Crippen molar-refractivity contribution in [2.75, 3.05) is 6.61 Å². The number of aromatic nitrogens is 2. The van der Waals surface area contributed by atoms with E-state index in [9.17, 15) is 4.79 Å². The molecule has 110 valence electrons. The van der Waals surface area contributed by atoms with E-state index in [2.05, 4.69) is 20.6 Å². The number of urea groups is 1. The molecule has 0 unspecified atom stereocenters. The van der Waals surface area contributed by atoms with Crippen molar-refractivity contribution >= 4 is 6.03 Å². The molecule has 0 saturated carbocycles. The maximum absolute atomic E-state index is 11.7. The summed E-state index contributed by atoms with van der Waals surface area (Å²) < 4.78 is 5.31. The van der Waals surface area contributed by atoms with Crippen molar-refractivity contribution in [3.8, 4) is 5.88 Å². The lowest BCUT2D eigenvalue weighted by atomic mass is 10.2. The monoisotopic (exact) mass is 286 g/mol. The van der Waals surface area contributed by atoms with E-state index in [0.29, 0.717) is 25.6 Å². The number of hydrogen-bond donors (Lipinski definition) is 2. The van der Waals surface area contributed by atoms with E-state index in [1.54, 1.807) is 12.4 Å². The van der Waals surface area contributed by atoms with Crippen LogP contribution in [0.2, 0.25) is 0 Å². The molecule has 2 heterocycles. The van der Waals surface area contributed by atoms with Crippen molar-refractivity contribution in [3.63, 3.8) is 0 Å². The Morgan fingerprint density at radius 3 is 2.76 bits per heavy atom. The molecule has 21 heavy (non-hydrogen) atoms. The molecule has 0 aliphatic heterocycles. The molecule has 0 aromatic carbocycles. The minimum absolute atomic E-state index is 0.240. The van der Waals surface area contributed by atoms with E-state index in [4.69, 9.17) is 4.74 Å². The molecule has 0 spiro atoms. The summed E-state index contributed by atoms with van der Waals surface area (Å²) in [6.07, 6.45) is 3.36. The van der Waals surface area contributed by atoms with Gasteiger partial charge >= 0.3 is 6.03 Å². The van der Waals surface area contributed by atoms with Gasteiger partial charge in [-0.1, -0.05) is 6.07 Å². The number of ether oxygens (including phenoxy) is 1. The third-order valence-corrected chi connectivity index (χ3v) is 2.70. The maximum atomic E-state index is 11.7. The van der Waals surface area contributed by atoms with E-state index in [1.807, 2.05) is 37.3 Å². The van der Waals surface area contributed by atoms with E-state index in [-0.39, 0.29) is 6.03 Å². The second-order valence-corrected chi connectivity index (χ2v) is 4.29. The molecule has 0 fully saturated rings. The number of carbonyl (C=O) groups excluding carboxylic acids is 1. The first-order valence-corrected chi connectivity index (χ1v) is 6.77. The molecule has 2 aromatic rings. The number of rotatable bonds is 6. The zero-order valence-corrected chi connectivity index (χ0v) is 11.9. The molecule has 2 N–H and O–H groups in total. The van der Waals surface area contributed by atoms with E-state index in [0.717, 1.165) is 11.3 Å². The Morgan fingerprint density at radius 1 is 1.14 bits per heavy atom. The zero-order valence-electron chi connectivity index (χ0n) is 11.9. The van der Waals surface area contributed by atoms with Crippen molar-refractivity contribution in [1.82, 2.24) is 20.6 Å². The Morgan fingerprint density at radius 2 is 2.00 bits per heavy atom. The Bertz CT molecular complexity index is 575. The smallest absolute Gasteiger partial charge is 0.315 e. The van der Waals surface area contributed by atoms with E-state index < -0.39 is 0 Å². The highest BCUT2D eigenvalue weighted by atomic mass is 16.5. The molecule has 0 saturated heterocycles. The van der Waals surface area contributed by atoms with Crippen LogP contribution in [-0.4, -0.2) is 22.6 Å². The topological polar surface area (TPSA) is 76.1 Å². The van der Waals surface area contributed by atoms with Gasteiger partial charge < -0.3 is 15.4 Å². The molecular weight excluding hydrogens is 268 g/mol. The largest absolute Gasteiger partial charge is 0.478 e. The van der Waals surface area contributed by atoms with Crippen LogP contribution in [0.25, 0.3) is 0 Å². The van der Waals surface area contributed by atoms with Crippen LogP contribution in [0.4, 0.5) is 4.79 Å². The summed E-state index contributed by atoms with van der Waals surface area (Å²) in [5, 5.41) is 5.53. The fourth-order valence-corrected chi connectivity index (χ4v) is 1.71. The molecule has 2 rings (SSSR count). The van der Waals surface area contributed by atoms with Crippen molar-refractivity contribution < 1.29 is 9.53 Å². The second-order valence-electron chi connectivity index (χ2n) is 4.29. The number of pyridine rings is 2. The Hall–Kier alpha value is -2.63. The molecule has 0 atom stereocenters. The van der Waals surface area contributed by atoms with Crippen LogP contribution < -0.4 is 15.4 Å². The zero-order chi connectivity index (χ0) is 14.9. The van der Waals surface area contributed by atoms with Crippen LogP contribution in [0.15, 0.2) is 42.7 Å². The Kier molecular flexibility index (Phi) is 5.51. The van der Waals surface area contributed by atoms with Crippen molar-refractivity contribution in [3.05, 3.63) is 54.0 Å². The first-order valence-electron chi connectivity index (χ1n) is 6.77. The van der Waals surface area contributed by atoms with Crippen LogP contribution in [0.5, 0.6) is 5.88 Å². The Labute approximate surface area is 123 Å². The predicted octanol–water partition coefficient (Wildman–Crippen LogP) is 1.87. The highest BCUT2D eigenvalue weighted by Crippen LogP contribution is 2.08. The van der Waals surface area contributed by atoms with Gasteiger partial charge in [0, 0.05) is 25.0 Å². The summed E-state index contributed by atoms with van der Waals surface area (Å²) >= 11 is 0. The molecule has 2 aromatic heterocycles. The molecule has 6 heteroatoms. The summed E-state index contributed by atoms with van der Waals surface area (Å²) in [7, 11) is 0. The molecule has 0 radical (unpaired) electrons. The second kappa shape index (κ2) is 7.84. The molecule has 0 bridgehead atoms. The maximum Gasteiger partial charge on any atom is 0.315 e. The molecular formula is C15H18N4O2. The number of nitrogens with one attached hydrogen (secondary N) is 2. The number of carbonyl (C=O) groups is 1. The number of nitrogens with zero attached hydrogens (tertiary/aromatic N) is 2. The normalized spacial score (nSPS) is 9.95. The quantitative estimate of drug-likeness (QED) is 0.850. The lowest BCUT2D eigenvalue weighted by Gasteiger charge is -2.08. The summed E-state index contributed by atoms with van der Waals surface area (Å²) in [6.45, 7) is 3.27. The van der Waals surface area contributed by atoms with Crippen molar-refractivity contribution in [2.45, 2.75) is 20.0 Å². The first-order chi connectivity index (χ1) is 10.3. The van der Waals surface area contributed by atoms with Crippen LogP contribution in [0.3, 0.4) is 0 Å². The molecule has 2 amide bonds. The summed E-state index contributed by atoms with van der Waals surface area (Å²) in [5.74, 6) is 0.561. The Balaban J connectivity index is 1.77. The van der Waals surface area contributed by atoms with Crippen LogP contribution >= 0.6 is 0 Å². The molecule has 0 aliphatic rings. The molecule has 6 nitrogen and oxygen atoms in total. The third-order valence-electron chi connectivity index (χ3n) is 2.70. The highest BCUT2D eigenvalue weighted by molar-refractivity contribution is 5.73. The minimum atomic E-state index is -0.240. The van der Waals surface area contributed by atoms with E-state index >= 15 is 0 Å². The van der Waals surface area contributed by atoms with Crippen molar-refractivity contribution in [1.29, 1.82) is 0 Å². The van der Waals surface area contributed by atoms with Gasteiger partial charge in [-0.05, 0) is 30.7 Å². The van der Waals surface area contributed by atoms with Crippen molar-refractivity contribution in [2.24, 2.45) is 0 Å². The van der Waals surface area contributed by atoms with Gasteiger partial charge in [-0.15, -0.1) is 0 Å². The standard InChI is InChI=1S/C15H18N4O2/c1-2-21-14-9-12(6-8-17-14)10-18-15(20)19-11-13-5-3-4-7-16-13/h3-9H,2,10-11H2,1H3,(H2,18,19,20). The van der Waals surface area contributed by atoms with Crippen LogP contribution in [0.1, 0.15) is 18.2 Å². The summed E-state index contributed by atoms with van der Waals surface area (Å²) in [5.41, 5.74) is 1.75. The van der Waals surface area contributed by atoms with Crippen LogP contribution in [0, 0.1) is 0 Å². The first kappa shape index (κ1) is 14.8. The number of amides is 2. The van der Waals surface area contributed by atoms with E-state index in [1.165, 1.54) is 0 Å². The van der Waals surface area contributed by atoms with Gasteiger partial charge in [0.25, 0.3) is 0 Å². The minimum Gasteiger partial charge on any atom is -0.478 e. The van der Waals surface area contributed by atoms with Gasteiger partial charge in [-0.3, -0.25) is 4.98 Å². The van der Waals surface area contributed by atoms with Gasteiger partial charge in [0.1, 0.15) is 0 Å². The van der Waals surface area contributed by atoms with Gasteiger partial charge in [-0.25, -0.2) is 9.78 Å². The van der Waals surface area contributed by atoms with Gasteiger partial charge in [-0.2, -0.15) is 0 Å². The van der Waals surface area contributed by atoms with Crippen LogP contribution in [-0.2, 0) is 13.1 Å². The predicted molar refractivity (Wildman–Crippen MR) is 78.7 cm³/mol. The fourth-order valence-electron chi connectivity index (χ4n) is 1.71. The average Bonchev–Trinajstić information content (AvgIpc) is 2.53. The van der Waals surface area contributed by atoms with Gasteiger partial charge in [0.05, 0.1) is 18.8 Å². The van der Waals surface area contributed by atoms with Gasteiger partial charge in [0.2, 0.25) is 5.88 Å². The summed E-state index contributed by atoms with van der Waals surface area (Å²) in [6, 6.07) is 8.98. The SMILES string of the molecule is CCOc1cc(CNC(=O)NCc2ccccn2)ccn1.